The van der Waals surface area contributed by atoms with Crippen molar-refractivity contribution < 1.29 is 9.59 Å². The molecule has 3 fully saturated rings. The van der Waals surface area contributed by atoms with Crippen molar-refractivity contribution >= 4 is 35.8 Å². The summed E-state index contributed by atoms with van der Waals surface area (Å²) < 4.78 is 0. The maximum atomic E-state index is 13.3. The number of piperidine rings is 1. The molecule has 7 heteroatoms. The van der Waals surface area contributed by atoms with Crippen molar-refractivity contribution in [3.63, 3.8) is 0 Å². The number of carbonyl (C=O) groups excluding carboxylic acids is 2. The summed E-state index contributed by atoms with van der Waals surface area (Å²) in [6.45, 7) is 3.13. The molecule has 2 heterocycles. The van der Waals surface area contributed by atoms with Crippen molar-refractivity contribution in [2.75, 3.05) is 26.2 Å². The number of nitrogens with zero attached hydrogens (tertiary/aromatic N) is 1. The predicted octanol–water partition coefficient (Wildman–Crippen LogP) is 2.90. The molecule has 154 valence electrons. The van der Waals surface area contributed by atoms with Gasteiger partial charge in [0.2, 0.25) is 11.8 Å². The van der Waals surface area contributed by atoms with Gasteiger partial charge in [0.05, 0.1) is 11.5 Å². The van der Waals surface area contributed by atoms with E-state index in [2.05, 4.69) is 10.6 Å². The van der Waals surface area contributed by atoms with Crippen LogP contribution in [0.5, 0.6) is 0 Å². The molecular formula is C21H29Cl2N3O2. The van der Waals surface area contributed by atoms with E-state index in [4.69, 9.17) is 11.6 Å². The lowest BCUT2D eigenvalue weighted by molar-refractivity contribution is -0.135. The van der Waals surface area contributed by atoms with Crippen LogP contribution in [-0.2, 0) is 15.0 Å². The van der Waals surface area contributed by atoms with Gasteiger partial charge in [-0.05, 0) is 68.7 Å². The lowest BCUT2D eigenvalue weighted by atomic mass is 9.91. The highest BCUT2D eigenvalue weighted by Crippen LogP contribution is 2.50. The summed E-state index contributed by atoms with van der Waals surface area (Å²) in [4.78, 5) is 27.5. The molecular weight excluding hydrogens is 397 g/mol. The number of hydrogen-bond donors (Lipinski definition) is 2. The fourth-order valence-electron chi connectivity index (χ4n) is 4.53. The van der Waals surface area contributed by atoms with E-state index in [0.29, 0.717) is 17.5 Å². The second kappa shape index (κ2) is 9.02. The van der Waals surface area contributed by atoms with E-state index in [0.717, 1.165) is 63.7 Å². The van der Waals surface area contributed by atoms with Gasteiger partial charge in [-0.25, -0.2) is 0 Å². The Kier molecular flexibility index (Phi) is 6.89. The average molecular weight is 426 g/mol. The summed E-state index contributed by atoms with van der Waals surface area (Å²) in [6.07, 6.45) is 5.85. The summed E-state index contributed by atoms with van der Waals surface area (Å²) in [5.41, 5.74) is 0.673. The molecule has 2 aliphatic heterocycles. The van der Waals surface area contributed by atoms with Gasteiger partial charge in [-0.1, -0.05) is 23.7 Å². The first kappa shape index (κ1) is 21.4. The van der Waals surface area contributed by atoms with Gasteiger partial charge in [0.1, 0.15) is 0 Å². The highest BCUT2D eigenvalue weighted by molar-refractivity contribution is 6.30. The largest absolute Gasteiger partial charge is 0.354 e. The molecule has 2 saturated heterocycles. The van der Waals surface area contributed by atoms with E-state index in [9.17, 15) is 9.59 Å². The maximum absolute atomic E-state index is 13.3. The van der Waals surface area contributed by atoms with E-state index in [1.165, 1.54) is 0 Å². The second-order valence-corrected chi connectivity index (χ2v) is 8.68. The summed E-state index contributed by atoms with van der Waals surface area (Å²) in [7, 11) is 0. The zero-order valence-electron chi connectivity index (χ0n) is 16.1. The van der Waals surface area contributed by atoms with Crippen molar-refractivity contribution in [3.8, 4) is 0 Å². The number of hydrogen-bond acceptors (Lipinski definition) is 3. The van der Waals surface area contributed by atoms with Crippen LogP contribution in [-0.4, -0.2) is 48.9 Å². The molecule has 0 radical (unpaired) electrons. The molecule has 0 aromatic heterocycles. The molecule has 1 aromatic carbocycles. The van der Waals surface area contributed by atoms with Gasteiger partial charge in [0, 0.05) is 24.7 Å². The quantitative estimate of drug-likeness (QED) is 0.761. The number of nitrogens with one attached hydrogen (secondary N) is 2. The van der Waals surface area contributed by atoms with Crippen molar-refractivity contribution in [2.24, 2.45) is 5.92 Å². The summed E-state index contributed by atoms with van der Waals surface area (Å²) >= 11 is 6.15. The van der Waals surface area contributed by atoms with Crippen LogP contribution in [0.1, 0.15) is 44.1 Å². The molecule has 2 atom stereocenters. The number of carbonyl (C=O) groups is 2. The Hall–Kier alpha value is -1.30. The van der Waals surface area contributed by atoms with Gasteiger partial charge in [-0.2, -0.15) is 0 Å². The fourth-order valence-corrected chi connectivity index (χ4v) is 4.72. The van der Waals surface area contributed by atoms with Crippen molar-refractivity contribution in [3.05, 3.63) is 34.9 Å². The molecule has 2 amide bonds. The predicted molar refractivity (Wildman–Crippen MR) is 113 cm³/mol. The van der Waals surface area contributed by atoms with Crippen molar-refractivity contribution in [2.45, 2.75) is 50.0 Å². The standard InChI is InChI=1S/C21H28ClN3O2.ClH/c22-17-6-1-5-16(12-17)21(8-9-21)20(27)25-11-3-4-15(14-25)13-24-19(26)18-7-2-10-23-18;/h1,5-6,12,15,18,23H,2-4,7-11,13-14H2,(H,24,26);1H. The Morgan fingerprint density at radius 1 is 1.25 bits per heavy atom. The van der Waals surface area contributed by atoms with Crippen LogP contribution in [0.3, 0.4) is 0 Å². The Bertz CT molecular complexity index is 717. The van der Waals surface area contributed by atoms with E-state index < -0.39 is 0 Å². The first-order valence-corrected chi connectivity index (χ1v) is 10.5. The first-order valence-electron chi connectivity index (χ1n) is 10.1. The van der Waals surface area contributed by atoms with Gasteiger partial charge in [-0.15, -0.1) is 12.4 Å². The van der Waals surface area contributed by atoms with E-state index in [1.54, 1.807) is 0 Å². The molecule has 0 bridgehead atoms. The van der Waals surface area contributed by atoms with E-state index >= 15 is 0 Å². The van der Waals surface area contributed by atoms with Gasteiger partial charge < -0.3 is 15.5 Å². The Balaban J connectivity index is 0.00000225. The third-order valence-corrected chi connectivity index (χ3v) is 6.52. The molecule has 4 rings (SSSR count). The van der Waals surface area contributed by atoms with E-state index in [1.807, 2.05) is 29.2 Å². The first-order chi connectivity index (χ1) is 13.1. The van der Waals surface area contributed by atoms with Gasteiger partial charge in [0.15, 0.2) is 0 Å². The van der Waals surface area contributed by atoms with E-state index in [-0.39, 0.29) is 35.7 Å². The summed E-state index contributed by atoms with van der Waals surface area (Å²) in [5.74, 6) is 0.676. The Labute approximate surface area is 178 Å². The van der Waals surface area contributed by atoms with Gasteiger partial charge in [0.25, 0.3) is 0 Å². The van der Waals surface area contributed by atoms with Crippen LogP contribution in [0.2, 0.25) is 5.02 Å². The zero-order valence-corrected chi connectivity index (χ0v) is 17.7. The Morgan fingerprint density at radius 3 is 2.75 bits per heavy atom. The lowest BCUT2D eigenvalue weighted by Crippen LogP contribution is -2.49. The third kappa shape index (κ3) is 4.47. The molecule has 3 aliphatic rings. The lowest BCUT2D eigenvalue weighted by Gasteiger charge is -2.35. The summed E-state index contributed by atoms with van der Waals surface area (Å²) in [6, 6.07) is 7.69. The number of benzene rings is 1. The second-order valence-electron chi connectivity index (χ2n) is 8.25. The average Bonchev–Trinajstić information content (AvgIpc) is 3.32. The summed E-state index contributed by atoms with van der Waals surface area (Å²) in [5, 5.41) is 7.01. The topological polar surface area (TPSA) is 61.4 Å². The molecule has 0 spiro atoms. The normalized spacial score (nSPS) is 25.7. The van der Waals surface area contributed by atoms with Crippen LogP contribution < -0.4 is 10.6 Å². The molecule has 2 unspecified atom stereocenters. The van der Waals surface area contributed by atoms with Crippen LogP contribution >= 0.6 is 24.0 Å². The highest BCUT2D eigenvalue weighted by atomic mass is 35.5. The van der Waals surface area contributed by atoms with Crippen LogP contribution in [0.4, 0.5) is 0 Å². The van der Waals surface area contributed by atoms with Crippen LogP contribution in [0, 0.1) is 5.92 Å². The molecule has 2 N–H and O–H groups in total. The molecule has 5 nitrogen and oxygen atoms in total. The van der Waals surface area contributed by atoms with Crippen molar-refractivity contribution in [1.82, 2.24) is 15.5 Å². The smallest absolute Gasteiger partial charge is 0.237 e. The molecule has 1 aromatic rings. The number of likely N-dealkylation sites (tertiary alicyclic amines) is 1. The minimum Gasteiger partial charge on any atom is -0.354 e. The molecule has 1 aliphatic carbocycles. The fraction of sp³-hybridized carbons (Fsp3) is 0.619. The highest BCUT2D eigenvalue weighted by Gasteiger charge is 2.53. The van der Waals surface area contributed by atoms with Gasteiger partial charge in [-0.3, -0.25) is 9.59 Å². The zero-order chi connectivity index (χ0) is 18.9. The van der Waals surface area contributed by atoms with Gasteiger partial charge >= 0.3 is 0 Å². The Morgan fingerprint density at radius 2 is 2.07 bits per heavy atom. The van der Waals surface area contributed by atoms with Crippen molar-refractivity contribution in [1.29, 1.82) is 0 Å². The van der Waals surface area contributed by atoms with Crippen LogP contribution in [0.25, 0.3) is 0 Å². The maximum Gasteiger partial charge on any atom is 0.237 e. The minimum atomic E-state index is -0.371. The number of halogens is 2. The molecule has 28 heavy (non-hydrogen) atoms. The monoisotopic (exact) mass is 425 g/mol. The number of amides is 2. The minimum absolute atomic E-state index is 0. The SMILES string of the molecule is Cl.O=C(NCC1CCCN(C(=O)C2(c3cccc(Cl)c3)CC2)C1)C1CCCN1. The third-order valence-electron chi connectivity index (χ3n) is 6.28. The molecule has 1 saturated carbocycles. The number of rotatable bonds is 5. The van der Waals surface area contributed by atoms with Crippen LogP contribution in [0.15, 0.2) is 24.3 Å².